The summed E-state index contributed by atoms with van der Waals surface area (Å²) in [5, 5.41) is 11.9. The summed E-state index contributed by atoms with van der Waals surface area (Å²) in [6.07, 6.45) is 3.40. The Balaban J connectivity index is 1.74. The topological polar surface area (TPSA) is 78.9 Å². The molecule has 19 heavy (non-hydrogen) atoms. The number of carbonyl (C=O) groups is 2. The molecule has 0 aromatic rings. The lowest BCUT2D eigenvalue weighted by Crippen LogP contribution is -2.48. The molecule has 0 bridgehead atoms. The van der Waals surface area contributed by atoms with Crippen LogP contribution in [0.1, 0.15) is 25.7 Å². The fourth-order valence-electron chi connectivity index (χ4n) is 2.66. The van der Waals surface area contributed by atoms with E-state index in [-0.39, 0.29) is 6.03 Å². The lowest BCUT2D eigenvalue weighted by molar-refractivity contribution is -0.143. The van der Waals surface area contributed by atoms with Crippen LogP contribution in [0.5, 0.6) is 0 Å². The van der Waals surface area contributed by atoms with E-state index in [0.717, 1.165) is 32.5 Å². The number of ether oxygens (including phenoxy) is 1. The van der Waals surface area contributed by atoms with Crippen LogP contribution in [0.3, 0.4) is 0 Å². The molecule has 2 saturated heterocycles. The Kier molecular flexibility index (Phi) is 5.01. The first-order valence-corrected chi connectivity index (χ1v) is 7.00. The van der Waals surface area contributed by atoms with Crippen LogP contribution in [0.2, 0.25) is 0 Å². The molecule has 2 rings (SSSR count). The van der Waals surface area contributed by atoms with E-state index in [2.05, 4.69) is 5.32 Å². The van der Waals surface area contributed by atoms with Crippen LogP contribution in [0.4, 0.5) is 4.79 Å². The number of nitrogens with one attached hydrogen (secondary N) is 1. The molecule has 108 valence electrons. The summed E-state index contributed by atoms with van der Waals surface area (Å²) in [7, 11) is 0. The summed E-state index contributed by atoms with van der Waals surface area (Å²) in [4.78, 5) is 24.6. The number of hydrogen-bond donors (Lipinski definition) is 2. The van der Waals surface area contributed by atoms with E-state index < -0.39 is 11.9 Å². The molecule has 1 atom stereocenters. The average Bonchev–Trinajstić information content (AvgIpc) is 2.46. The molecule has 2 heterocycles. The van der Waals surface area contributed by atoms with Gasteiger partial charge in [0.2, 0.25) is 0 Å². The second-order valence-corrected chi connectivity index (χ2v) is 5.37. The molecule has 2 aliphatic rings. The molecule has 0 aromatic heterocycles. The van der Waals surface area contributed by atoms with Gasteiger partial charge in [-0.15, -0.1) is 0 Å². The van der Waals surface area contributed by atoms with Crippen LogP contribution in [-0.4, -0.2) is 54.9 Å². The summed E-state index contributed by atoms with van der Waals surface area (Å²) >= 11 is 0. The average molecular weight is 270 g/mol. The SMILES string of the molecule is O=C(O)[C@H]1CCCN(C(=O)NCC2CCOCC2)C1. The number of hydrogen-bond acceptors (Lipinski definition) is 3. The number of rotatable bonds is 3. The van der Waals surface area contributed by atoms with Crippen molar-refractivity contribution < 1.29 is 19.4 Å². The number of piperidine rings is 1. The fraction of sp³-hybridized carbons (Fsp3) is 0.846. The Morgan fingerprint density at radius 3 is 2.68 bits per heavy atom. The Labute approximate surface area is 113 Å². The van der Waals surface area contributed by atoms with Crippen molar-refractivity contribution in [1.82, 2.24) is 10.2 Å². The van der Waals surface area contributed by atoms with Gasteiger partial charge in [0.15, 0.2) is 0 Å². The first kappa shape index (κ1) is 14.1. The number of urea groups is 1. The number of nitrogens with zero attached hydrogens (tertiary/aromatic N) is 1. The van der Waals surface area contributed by atoms with E-state index in [9.17, 15) is 9.59 Å². The highest BCUT2D eigenvalue weighted by Crippen LogP contribution is 2.17. The van der Waals surface area contributed by atoms with Crippen molar-refractivity contribution in [3.8, 4) is 0 Å². The summed E-state index contributed by atoms with van der Waals surface area (Å²) in [6.45, 7) is 3.19. The van der Waals surface area contributed by atoms with Gasteiger partial charge in [0.1, 0.15) is 0 Å². The number of likely N-dealkylation sites (tertiary alicyclic amines) is 1. The summed E-state index contributed by atoms with van der Waals surface area (Å²) in [6, 6.07) is -0.127. The van der Waals surface area contributed by atoms with Gasteiger partial charge in [-0.3, -0.25) is 4.79 Å². The lowest BCUT2D eigenvalue weighted by atomic mass is 9.98. The van der Waals surface area contributed by atoms with Crippen molar-refractivity contribution in [3.05, 3.63) is 0 Å². The molecule has 2 aliphatic heterocycles. The Bertz CT molecular complexity index is 329. The summed E-state index contributed by atoms with van der Waals surface area (Å²) in [5.41, 5.74) is 0. The normalized spacial score (nSPS) is 25.1. The maximum atomic E-state index is 12.0. The number of carboxylic acids is 1. The van der Waals surface area contributed by atoms with Gasteiger partial charge < -0.3 is 20.1 Å². The van der Waals surface area contributed by atoms with Gasteiger partial charge >= 0.3 is 12.0 Å². The van der Waals surface area contributed by atoms with Gasteiger partial charge in [0, 0.05) is 32.8 Å². The van der Waals surface area contributed by atoms with Crippen molar-refractivity contribution in [2.24, 2.45) is 11.8 Å². The number of carbonyl (C=O) groups excluding carboxylic acids is 1. The highest BCUT2D eigenvalue weighted by Gasteiger charge is 2.28. The van der Waals surface area contributed by atoms with E-state index in [1.165, 1.54) is 0 Å². The van der Waals surface area contributed by atoms with Crippen LogP contribution in [0.15, 0.2) is 0 Å². The third-order valence-electron chi connectivity index (χ3n) is 3.94. The van der Waals surface area contributed by atoms with Crippen molar-refractivity contribution in [1.29, 1.82) is 0 Å². The molecule has 0 aromatic carbocycles. The molecular weight excluding hydrogens is 248 g/mol. The van der Waals surface area contributed by atoms with E-state index >= 15 is 0 Å². The van der Waals surface area contributed by atoms with Crippen LogP contribution in [0.25, 0.3) is 0 Å². The summed E-state index contributed by atoms with van der Waals surface area (Å²) < 4.78 is 5.27. The fourth-order valence-corrected chi connectivity index (χ4v) is 2.66. The molecule has 0 saturated carbocycles. The van der Waals surface area contributed by atoms with Gasteiger partial charge in [-0.05, 0) is 31.6 Å². The Morgan fingerprint density at radius 2 is 2.00 bits per heavy atom. The lowest BCUT2D eigenvalue weighted by Gasteiger charge is -2.31. The van der Waals surface area contributed by atoms with E-state index in [1.54, 1.807) is 4.90 Å². The third kappa shape index (κ3) is 4.09. The van der Waals surface area contributed by atoms with Crippen LogP contribution in [-0.2, 0) is 9.53 Å². The molecule has 2 fully saturated rings. The van der Waals surface area contributed by atoms with Crippen molar-refractivity contribution in [2.75, 3.05) is 32.8 Å². The van der Waals surface area contributed by atoms with Gasteiger partial charge in [-0.2, -0.15) is 0 Å². The maximum Gasteiger partial charge on any atom is 0.317 e. The van der Waals surface area contributed by atoms with Gasteiger partial charge in [-0.25, -0.2) is 4.79 Å². The smallest absolute Gasteiger partial charge is 0.317 e. The summed E-state index contributed by atoms with van der Waals surface area (Å²) in [5.74, 6) is -0.734. The zero-order valence-electron chi connectivity index (χ0n) is 11.1. The highest BCUT2D eigenvalue weighted by atomic mass is 16.5. The minimum absolute atomic E-state index is 0.127. The van der Waals surface area contributed by atoms with E-state index in [1.807, 2.05) is 0 Å². The number of carboxylic acid groups (broad SMARTS) is 1. The predicted molar refractivity (Wildman–Crippen MR) is 68.9 cm³/mol. The Morgan fingerprint density at radius 1 is 1.26 bits per heavy atom. The standard InChI is InChI=1S/C13H22N2O4/c16-12(17)11-2-1-5-15(9-11)13(18)14-8-10-3-6-19-7-4-10/h10-11H,1-9H2,(H,14,18)(H,16,17)/t11-/m0/s1. The molecule has 0 aliphatic carbocycles. The predicted octanol–water partition coefficient (Wildman–Crippen LogP) is 0.919. The van der Waals surface area contributed by atoms with Gasteiger partial charge in [-0.1, -0.05) is 0 Å². The van der Waals surface area contributed by atoms with Crippen molar-refractivity contribution in [2.45, 2.75) is 25.7 Å². The zero-order chi connectivity index (χ0) is 13.7. The van der Waals surface area contributed by atoms with Crippen LogP contribution in [0, 0.1) is 11.8 Å². The minimum Gasteiger partial charge on any atom is -0.481 e. The van der Waals surface area contributed by atoms with Gasteiger partial charge in [0.25, 0.3) is 0 Å². The third-order valence-corrected chi connectivity index (χ3v) is 3.94. The van der Waals surface area contributed by atoms with Crippen molar-refractivity contribution >= 4 is 12.0 Å². The van der Waals surface area contributed by atoms with Gasteiger partial charge in [0.05, 0.1) is 5.92 Å². The molecule has 6 heteroatoms. The first-order valence-electron chi connectivity index (χ1n) is 7.00. The molecule has 0 spiro atoms. The number of amides is 2. The molecule has 2 N–H and O–H groups in total. The molecular formula is C13H22N2O4. The highest BCUT2D eigenvalue weighted by molar-refractivity contribution is 5.76. The van der Waals surface area contributed by atoms with Crippen LogP contribution < -0.4 is 5.32 Å². The first-order chi connectivity index (χ1) is 9.16. The monoisotopic (exact) mass is 270 g/mol. The second kappa shape index (κ2) is 6.75. The zero-order valence-corrected chi connectivity index (χ0v) is 11.1. The van der Waals surface area contributed by atoms with Crippen LogP contribution >= 0.6 is 0 Å². The second-order valence-electron chi connectivity index (χ2n) is 5.37. The minimum atomic E-state index is -0.804. The molecule has 0 unspecified atom stereocenters. The number of aliphatic carboxylic acids is 1. The quantitative estimate of drug-likeness (QED) is 0.799. The Hall–Kier alpha value is -1.30. The van der Waals surface area contributed by atoms with E-state index in [0.29, 0.717) is 32.0 Å². The maximum absolute atomic E-state index is 12.0. The molecule has 0 radical (unpaired) electrons. The van der Waals surface area contributed by atoms with Crippen molar-refractivity contribution in [3.63, 3.8) is 0 Å². The molecule has 6 nitrogen and oxygen atoms in total. The molecule has 2 amide bonds. The van der Waals surface area contributed by atoms with E-state index in [4.69, 9.17) is 9.84 Å². The largest absolute Gasteiger partial charge is 0.481 e.